The van der Waals surface area contributed by atoms with E-state index in [-0.39, 0.29) is 0 Å². The van der Waals surface area contributed by atoms with Gasteiger partial charge >= 0.3 is 0 Å². The molecule has 0 spiro atoms. The van der Waals surface area contributed by atoms with Gasteiger partial charge < -0.3 is 4.90 Å². The number of rotatable bonds is 5. The van der Waals surface area contributed by atoms with Crippen molar-refractivity contribution in [2.45, 2.75) is 25.8 Å². The van der Waals surface area contributed by atoms with Crippen LogP contribution in [0.3, 0.4) is 0 Å². The van der Waals surface area contributed by atoms with Crippen LogP contribution in [-0.2, 0) is 6.54 Å². The standard InChI is InChI=1S/C12H19NS2/c1-13(8-11-4-2-7-15-11)9-12(10-14)5-3-6-12/h2,4,7,14H,3,5-6,8-10H2,1H3. The first kappa shape index (κ1) is 11.5. The maximum atomic E-state index is 4.50. The lowest BCUT2D eigenvalue weighted by molar-refractivity contribution is 0.102. The summed E-state index contributed by atoms with van der Waals surface area (Å²) in [7, 11) is 2.23. The number of hydrogen-bond donors (Lipinski definition) is 1. The molecule has 1 aromatic rings. The third-order valence-corrected chi connectivity index (χ3v) is 4.89. The second-order valence-electron chi connectivity index (χ2n) is 4.76. The van der Waals surface area contributed by atoms with Gasteiger partial charge in [0, 0.05) is 18.0 Å². The van der Waals surface area contributed by atoms with Gasteiger partial charge in [-0.05, 0) is 42.5 Å². The van der Waals surface area contributed by atoms with Gasteiger partial charge in [0.05, 0.1) is 0 Å². The molecule has 1 aliphatic rings. The minimum absolute atomic E-state index is 0.523. The topological polar surface area (TPSA) is 3.24 Å². The van der Waals surface area contributed by atoms with E-state index in [0.717, 1.165) is 12.3 Å². The van der Waals surface area contributed by atoms with Gasteiger partial charge in [-0.3, -0.25) is 0 Å². The van der Waals surface area contributed by atoms with Crippen LogP contribution in [0.25, 0.3) is 0 Å². The van der Waals surface area contributed by atoms with E-state index in [0.29, 0.717) is 5.41 Å². The van der Waals surface area contributed by atoms with Crippen LogP contribution in [0.2, 0.25) is 0 Å². The van der Waals surface area contributed by atoms with Crippen molar-refractivity contribution in [1.29, 1.82) is 0 Å². The van der Waals surface area contributed by atoms with Crippen LogP contribution in [-0.4, -0.2) is 24.2 Å². The van der Waals surface area contributed by atoms with Crippen molar-refractivity contribution in [3.8, 4) is 0 Å². The zero-order valence-corrected chi connectivity index (χ0v) is 11.0. The highest BCUT2D eigenvalue weighted by atomic mass is 32.1. The van der Waals surface area contributed by atoms with Crippen LogP contribution in [0.4, 0.5) is 0 Å². The average molecular weight is 241 g/mol. The third kappa shape index (κ3) is 2.77. The lowest BCUT2D eigenvalue weighted by Gasteiger charge is -2.43. The minimum atomic E-state index is 0.523. The number of thiophene rings is 1. The number of thiol groups is 1. The van der Waals surface area contributed by atoms with Crippen LogP contribution >= 0.6 is 24.0 Å². The van der Waals surface area contributed by atoms with E-state index in [1.54, 1.807) is 0 Å². The Labute approximate surface area is 102 Å². The lowest BCUT2D eigenvalue weighted by atomic mass is 9.70. The second-order valence-corrected chi connectivity index (χ2v) is 6.11. The van der Waals surface area contributed by atoms with Crippen molar-refractivity contribution in [2.75, 3.05) is 19.3 Å². The monoisotopic (exact) mass is 241 g/mol. The molecule has 0 radical (unpaired) electrons. The molecule has 2 rings (SSSR count). The van der Waals surface area contributed by atoms with E-state index >= 15 is 0 Å². The first-order valence-electron chi connectivity index (χ1n) is 5.56. The Balaban J connectivity index is 1.84. The molecule has 0 atom stereocenters. The molecule has 0 bridgehead atoms. The summed E-state index contributed by atoms with van der Waals surface area (Å²) in [6.45, 7) is 2.29. The summed E-state index contributed by atoms with van der Waals surface area (Å²) >= 11 is 6.35. The minimum Gasteiger partial charge on any atom is -0.301 e. The van der Waals surface area contributed by atoms with E-state index in [1.165, 1.54) is 30.7 Å². The number of nitrogens with zero attached hydrogens (tertiary/aromatic N) is 1. The molecule has 1 heterocycles. The number of hydrogen-bond acceptors (Lipinski definition) is 3. The molecule has 1 nitrogen and oxygen atoms in total. The molecule has 1 aliphatic carbocycles. The molecule has 0 amide bonds. The maximum absolute atomic E-state index is 4.50. The van der Waals surface area contributed by atoms with Gasteiger partial charge in [0.2, 0.25) is 0 Å². The van der Waals surface area contributed by atoms with Crippen LogP contribution in [0.5, 0.6) is 0 Å². The van der Waals surface area contributed by atoms with E-state index in [1.807, 2.05) is 11.3 Å². The van der Waals surface area contributed by atoms with Gasteiger partial charge in [-0.15, -0.1) is 11.3 Å². The van der Waals surface area contributed by atoms with Crippen molar-refractivity contribution in [2.24, 2.45) is 5.41 Å². The van der Waals surface area contributed by atoms with Gasteiger partial charge in [0.1, 0.15) is 0 Å². The van der Waals surface area contributed by atoms with Crippen molar-refractivity contribution >= 4 is 24.0 Å². The molecule has 0 saturated heterocycles. The molecule has 0 aromatic carbocycles. The Hall–Kier alpha value is 0.01000. The van der Waals surface area contributed by atoms with Gasteiger partial charge in [-0.1, -0.05) is 12.5 Å². The van der Waals surface area contributed by atoms with Gasteiger partial charge in [0.15, 0.2) is 0 Å². The lowest BCUT2D eigenvalue weighted by Crippen LogP contribution is -2.41. The fourth-order valence-corrected chi connectivity index (χ4v) is 3.54. The summed E-state index contributed by atoms with van der Waals surface area (Å²) in [6.07, 6.45) is 4.13. The fraction of sp³-hybridized carbons (Fsp3) is 0.667. The Kier molecular flexibility index (Phi) is 3.75. The molecule has 0 N–H and O–H groups in total. The van der Waals surface area contributed by atoms with E-state index in [9.17, 15) is 0 Å². The molecule has 15 heavy (non-hydrogen) atoms. The molecule has 84 valence electrons. The van der Waals surface area contributed by atoms with Crippen molar-refractivity contribution in [3.63, 3.8) is 0 Å². The van der Waals surface area contributed by atoms with E-state index in [4.69, 9.17) is 0 Å². The zero-order chi connectivity index (χ0) is 10.7. The summed E-state index contributed by atoms with van der Waals surface area (Å²) in [5, 5.41) is 2.15. The highest BCUT2D eigenvalue weighted by Gasteiger charge is 2.36. The zero-order valence-electron chi connectivity index (χ0n) is 9.28. The van der Waals surface area contributed by atoms with Gasteiger partial charge in [-0.2, -0.15) is 12.6 Å². The summed E-state index contributed by atoms with van der Waals surface area (Å²) in [4.78, 5) is 3.91. The molecule has 1 fully saturated rings. The molecular formula is C12H19NS2. The predicted molar refractivity (Wildman–Crippen MR) is 70.8 cm³/mol. The Morgan fingerprint density at radius 3 is 2.80 bits per heavy atom. The Bertz CT molecular complexity index is 285. The van der Waals surface area contributed by atoms with E-state index < -0.39 is 0 Å². The van der Waals surface area contributed by atoms with Crippen LogP contribution in [0.1, 0.15) is 24.1 Å². The van der Waals surface area contributed by atoms with Crippen LogP contribution in [0, 0.1) is 5.41 Å². The van der Waals surface area contributed by atoms with Crippen molar-refractivity contribution in [1.82, 2.24) is 4.90 Å². The predicted octanol–water partition coefficient (Wildman–Crippen LogP) is 3.28. The Morgan fingerprint density at radius 1 is 1.53 bits per heavy atom. The van der Waals surface area contributed by atoms with Crippen LogP contribution < -0.4 is 0 Å². The largest absolute Gasteiger partial charge is 0.301 e. The molecule has 0 aliphatic heterocycles. The maximum Gasteiger partial charge on any atom is 0.0325 e. The second kappa shape index (κ2) is 4.89. The van der Waals surface area contributed by atoms with Crippen molar-refractivity contribution in [3.05, 3.63) is 22.4 Å². The van der Waals surface area contributed by atoms with E-state index in [2.05, 4.69) is 42.1 Å². The fourth-order valence-electron chi connectivity index (χ4n) is 2.34. The third-order valence-electron chi connectivity index (χ3n) is 3.36. The summed E-state index contributed by atoms with van der Waals surface area (Å²) in [5.41, 5.74) is 0.523. The quantitative estimate of drug-likeness (QED) is 0.774. The highest BCUT2D eigenvalue weighted by molar-refractivity contribution is 7.80. The summed E-state index contributed by atoms with van der Waals surface area (Å²) < 4.78 is 0. The molecular weight excluding hydrogens is 222 g/mol. The molecule has 3 heteroatoms. The summed E-state index contributed by atoms with van der Waals surface area (Å²) in [5.74, 6) is 1.04. The summed E-state index contributed by atoms with van der Waals surface area (Å²) in [6, 6.07) is 4.35. The first-order valence-corrected chi connectivity index (χ1v) is 7.07. The normalized spacial score (nSPS) is 19.1. The van der Waals surface area contributed by atoms with Gasteiger partial charge in [-0.25, -0.2) is 0 Å². The average Bonchev–Trinajstić information content (AvgIpc) is 2.64. The SMILES string of the molecule is CN(Cc1cccs1)CC1(CS)CCC1. The Morgan fingerprint density at radius 2 is 2.33 bits per heavy atom. The van der Waals surface area contributed by atoms with Crippen LogP contribution in [0.15, 0.2) is 17.5 Å². The molecule has 1 aromatic heterocycles. The van der Waals surface area contributed by atoms with Gasteiger partial charge in [0.25, 0.3) is 0 Å². The highest BCUT2D eigenvalue weighted by Crippen LogP contribution is 2.42. The smallest absolute Gasteiger partial charge is 0.0325 e. The first-order chi connectivity index (χ1) is 7.24. The molecule has 0 unspecified atom stereocenters. The van der Waals surface area contributed by atoms with Crippen molar-refractivity contribution < 1.29 is 0 Å². The molecule has 1 saturated carbocycles.